The summed E-state index contributed by atoms with van der Waals surface area (Å²) in [5, 5.41) is 28.9. The van der Waals surface area contributed by atoms with Gasteiger partial charge in [-0.3, -0.25) is 4.79 Å². The van der Waals surface area contributed by atoms with E-state index in [9.17, 15) is 15.0 Å². The Hall–Kier alpha value is -2.73. The molecular weight excluding hydrogens is 306 g/mol. The number of amides is 1. The summed E-state index contributed by atoms with van der Waals surface area (Å²) >= 11 is 0. The molecule has 1 aliphatic heterocycles. The minimum Gasteiger partial charge on any atom is -0.504 e. The molecule has 6 nitrogen and oxygen atoms in total. The molecule has 0 bridgehead atoms. The molecule has 0 saturated carbocycles. The average molecular weight is 327 g/mol. The first-order valence-electron chi connectivity index (χ1n) is 7.92. The van der Waals surface area contributed by atoms with Crippen LogP contribution in [0.4, 0.5) is 11.4 Å². The fraction of sp³-hybridized carbons (Fsp3) is 0.278. The zero-order valence-electron chi connectivity index (χ0n) is 13.5. The van der Waals surface area contributed by atoms with Crippen LogP contribution in [-0.2, 0) is 11.2 Å². The molecule has 5 N–H and O–H groups in total. The van der Waals surface area contributed by atoms with E-state index in [1.54, 1.807) is 12.1 Å². The predicted molar refractivity (Wildman–Crippen MR) is 93.5 cm³/mol. The molecule has 0 aromatic heterocycles. The van der Waals surface area contributed by atoms with Crippen LogP contribution in [0, 0.1) is 0 Å². The summed E-state index contributed by atoms with van der Waals surface area (Å²) in [5.74, 6) is -0.264. The summed E-state index contributed by atoms with van der Waals surface area (Å²) in [6, 6.07) is 10.8. The number of carbonyl (C=O) groups excluding carboxylic acids is 1. The predicted octanol–water partition coefficient (Wildman–Crippen LogP) is 2.36. The molecule has 1 unspecified atom stereocenters. The summed E-state index contributed by atoms with van der Waals surface area (Å²) < 4.78 is 0. The van der Waals surface area contributed by atoms with Gasteiger partial charge in [0, 0.05) is 30.9 Å². The van der Waals surface area contributed by atoms with Crippen LogP contribution in [0.15, 0.2) is 36.4 Å². The van der Waals surface area contributed by atoms with E-state index in [-0.39, 0.29) is 23.4 Å². The third kappa shape index (κ3) is 3.60. The van der Waals surface area contributed by atoms with Crippen molar-refractivity contribution < 1.29 is 15.0 Å². The summed E-state index contributed by atoms with van der Waals surface area (Å²) in [6.45, 7) is 2.95. The van der Waals surface area contributed by atoms with Crippen LogP contribution in [0.3, 0.4) is 0 Å². The first-order chi connectivity index (χ1) is 11.5. The van der Waals surface area contributed by atoms with Crippen LogP contribution in [0.2, 0.25) is 0 Å². The molecule has 0 spiro atoms. The number of anilines is 2. The van der Waals surface area contributed by atoms with Gasteiger partial charge in [0.2, 0.25) is 5.91 Å². The molecule has 1 heterocycles. The largest absolute Gasteiger partial charge is 0.504 e. The van der Waals surface area contributed by atoms with Gasteiger partial charge in [-0.1, -0.05) is 0 Å². The highest BCUT2D eigenvalue weighted by atomic mass is 16.3. The van der Waals surface area contributed by atoms with Crippen molar-refractivity contribution in [3.63, 3.8) is 0 Å². The Morgan fingerprint density at radius 3 is 2.54 bits per heavy atom. The lowest BCUT2D eigenvalue weighted by Gasteiger charge is -2.28. The Labute approximate surface area is 140 Å². The van der Waals surface area contributed by atoms with Gasteiger partial charge in [-0.15, -0.1) is 0 Å². The lowest BCUT2D eigenvalue weighted by atomic mass is 9.93. The van der Waals surface area contributed by atoms with Gasteiger partial charge >= 0.3 is 0 Å². The maximum Gasteiger partial charge on any atom is 0.221 e. The van der Waals surface area contributed by atoms with E-state index in [2.05, 4.69) is 16.0 Å². The maximum absolute atomic E-state index is 11.0. The Kier molecular flexibility index (Phi) is 4.57. The number of benzene rings is 2. The van der Waals surface area contributed by atoms with Gasteiger partial charge in [0.1, 0.15) is 0 Å². The molecule has 1 aliphatic rings. The molecule has 1 amide bonds. The summed E-state index contributed by atoms with van der Waals surface area (Å²) in [7, 11) is 0. The number of carbonyl (C=O) groups is 1. The van der Waals surface area contributed by atoms with Crippen LogP contribution in [-0.4, -0.2) is 29.2 Å². The van der Waals surface area contributed by atoms with Gasteiger partial charge in [0.15, 0.2) is 11.5 Å². The molecule has 3 rings (SSSR count). The Bertz CT molecular complexity index is 744. The highest BCUT2D eigenvalue weighted by molar-refractivity contribution is 5.88. The summed E-state index contributed by atoms with van der Waals surface area (Å²) in [4.78, 5) is 11.0. The van der Waals surface area contributed by atoms with Gasteiger partial charge in [-0.05, 0) is 60.5 Å². The number of nitrogens with one attached hydrogen (secondary N) is 3. The van der Waals surface area contributed by atoms with Crippen molar-refractivity contribution in [1.29, 1.82) is 0 Å². The SMILES string of the molecule is CC(=O)Nc1ccc(NCC2NCCc3cc(O)c(O)cc32)cc1. The lowest BCUT2D eigenvalue weighted by molar-refractivity contribution is -0.114. The fourth-order valence-corrected chi connectivity index (χ4v) is 2.94. The summed E-state index contributed by atoms with van der Waals surface area (Å²) in [5.41, 5.74) is 3.76. The molecule has 126 valence electrons. The van der Waals surface area contributed by atoms with E-state index in [1.165, 1.54) is 6.92 Å². The molecular formula is C18H21N3O3. The van der Waals surface area contributed by atoms with Gasteiger partial charge in [0.25, 0.3) is 0 Å². The number of hydrogen-bond acceptors (Lipinski definition) is 5. The molecule has 1 atom stereocenters. The molecule has 0 radical (unpaired) electrons. The number of phenols is 2. The smallest absolute Gasteiger partial charge is 0.221 e. The first kappa shape index (κ1) is 16.1. The van der Waals surface area contributed by atoms with Crippen molar-refractivity contribution in [3.8, 4) is 11.5 Å². The molecule has 6 heteroatoms. The molecule has 0 aliphatic carbocycles. The molecule has 24 heavy (non-hydrogen) atoms. The topological polar surface area (TPSA) is 93.6 Å². The number of hydrogen-bond donors (Lipinski definition) is 5. The van der Waals surface area contributed by atoms with E-state index in [4.69, 9.17) is 0 Å². The third-order valence-corrected chi connectivity index (χ3v) is 4.11. The van der Waals surface area contributed by atoms with Crippen molar-refractivity contribution in [2.45, 2.75) is 19.4 Å². The third-order valence-electron chi connectivity index (χ3n) is 4.11. The van der Waals surface area contributed by atoms with Crippen LogP contribution in [0.1, 0.15) is 24.1 Å². The van der Waals surface area contributed by atoms with Crippen molar-refractivity contribution >= 4 is 17.3 Å². The number of rotatable bonds is 4. The highest BCUT2D eigenvalue weighted by Gasteiger charge is 2.21. The van der Waals surface area contributed by atoms with Crippen LogP contribution in [0.5, 0.6) is 11.5 Å². The normalized spacial score (nSPS) is 16.3. The van der Waals surface area contributed by atoms with Crippen LogP contribution >= 0.6 is 0 Å². The monoisotopic (exact) mass is 327 g/mol. The lowest BCUT2D eigenvalue weighted by Crippen LogP contribution is -2.34. The van der Waals surface area contributed by atoms with E-state index < -0.39 is 0 Å². The van der Waals surface area contributed by atoms with E-state index >= 15 is 0 Å². The molecule has 2 aromatic rings. The van der Waals surface area contributed by atoms with E-state index in [0.717, 1.165) is 35.5 Å². The number of phenolic OH excluding ortho intramolecular Hbond substituents is 2. The molecule has 0 fully saturated rings. The molecule has 0 saturated heterocycles. The summed E-state index contributed by atoms with van der Waals surface area (Å²) in [6.07, 6.45) is 0.824. The Morgan fingerprint density at radius 2 is 1.83 bits per heavy atom. The first-order valence-corrected chi connectivity index (χ1v) is 7.92. The minimum absolute atomic E-state index is 0.0512. The highest BCUT2D eigenvalue weighted by Crippen LogP contribution is 2.33. The molecule has 2 aromatic carbocycles. The second kappa shape index (κ2) is 6.80. The second-order valence-electron chi connectivity index (χ2n) is 5.94. The van der Waals surface area contributed by atoms with Crippen LogP contribution in [0.25, 0.3) is 0 Å². The van der Waals surface area contributed by atoms with Crippen molar-refractivity contribution in [2.75, 3.05) is 23.7 Å². The van der Waals surface area contributed by atoms with Gasteiger partial charge < -0.3 is 26.2 Å². The van der Waals surface area contributed by atoms with Gasteiger partial charge in [-0.25, -0.2) is 0 Å². The van der Waals surface area contributed by atoms with Crippen molar-refractivity contribution in [1.82, 2.24) is 5.32 Å². The van der Waals surface area contributed by atoms with Crippen molar-refractivity contribution in [3.05, 3.63) is 47.5 Å². The average Bonchev–Trinajstić information content (AvgIpc) is 2.55. The quantitative estimate of drug-likeness (QED) is 0.556. The van der Waals surface area contributed by atoms with Crippen molar-refractivity contribution in [2.24, 2.45) is 0 Å². The Balaban J connectivity index is 1.68. The number of fused-ring (bicyclic) bond motifs is 1. The Morgan fingerprint density at radius 1 is 1.17 bits per heavy atom. The van der Waals surface area contributed by atoms with Crippen LogP contribution < -0.4 is 16.0 Å². The minimum atomic E-state index is -0.0956. The zero-order chi connectivity index (χ0) is 17.1. The van der Waals surface area contributed by atoms with Gasteiger partial charge in [-0.2, -0.15) is 0 Å². The number of aromatic hydroxyl groups is 2. The standard InChI is InChI=1S/C18H21N3O3/c1-11(22)21-14-4-2-13(3-5-14)20-10-16-15-9-18(24)17(23)8-12(15)6-7-19-16/h2-5,8-9,16,19-20,23-24H,6-7,10H2,1H3,(H,21,22). The fourth-order valence-electron chi connectivity index (χ4n) is 2.94. The van der Waals surface area contributed by atoms with E-state index in [1.807, 2.05) is 24.3 Å². The van der Waals surface area contributed by atoms with Gasteiger partial charge in [0.05, 0.1) is 0 Å². The maximum atomic E-state index is 11.0. The second-order valence-corrected chi connectivity index (χ2v) is 5.94. The zero-order valence-corrected chi connectivity index (χ0v) is 13.5. The van der Waals surface area contributed by atoms with E-state index in [0.29, 0.717) is 6.54 Å².